The first kappa shape index (κ1) is 19.3. The molecule has 0 radical (unpaired) electrons. The Morgan fingerprint density at radius 2 is 1.88 bits per heavy atom. The fraction of sp³-hybridized carbons (Fsp3) is 0.263. The Labute approximate surface area is 157 Å². The summed E-state index contributed by atoms with van der Waals surface area (Å²) in [7, 11) is 1.74. The quantitative estimate of drug-likeness (QED) is 0.795. The van der Waals surface area contributed by atoms with Gasteiger partial charge in [-0.15, -0.1) is 11.8 Å². The van der Waals surface area contributed by atoms with Crippen molar-refractivity contribution in [3.63, 3.8) is 0 Å². The zero-order valence-corrected chi connectivity index (χ0v) is 15.9. The number of amides is 2. The van der Waals surface area contributed by atoms with E-state index in [0.29, 0.717) is 11.6 Å². The zero-order valence-electron chi connectivity index (χ0n) is 14.3. The van der Waals surface area contributed by atoms with Gasteiger partial charge in [0.15, 0.2) is 0 Å². The van der Waals surface area contributed by atoms with Gasteiger partial charge < -0.3 is 10.2 Å². The van der Waals surface area contributed by atoms with E-state index in [9.17, 15) is 9.59 Å². The molecule has 0 bridgehead atoms. The average molecular weight is 377 g/mol. The van der Waals surface area contributed by atoms with E-state index in [4.69, 9.17) is 11.6 Å². The summed E-state index contributed by atoms with van der Waals surface area (Å²) in [5.74, 6) is 0.340. The van der Waals surface area contributed by atoms with Crippen molar-refractivity contribution in [1.82, 2.24) is 4.90 Å². The number of hydrogen-bond donors (Lipinski definition) is 1. The highest BCUT2D eigenvalue weighted by atomic mass is 35.5. The van der Waals surface area contributed by atoms with Gasteiger partial charge in [-0.3, -0.25) is 9.59 Å². The van der Waals surface area contributed by atoms with Crippen molar-refractivity contribution in [2.45, 2.75) is 13.5 Å². The summed E-state index contributed by atoms with van der Waals surface area (Å²) in [5, 5.41) is 3.48. The lowest BCUT2D eigenvalue weighted by Crippen LogP contribution is -2.28. The van der Waals surface area contributed by atoms with Crippen molar-refractivity contribution in [2.75, 3.05) is 23.9 Å². The number of rotatable bonds is 7. The minimum Gasteiger partial charge on any atom is -0.341 e. The summed E-state index contributed by atoms with van der Waals surface area (Å²) in [6.07, 6.45) is 0. The predicted octanol–water partition coefficient (Wildman–Crippen LogP) is 3.98. The third-order valence-corrected chi connectivity index (χ3v) is 4.84. The van der Waals surface area contributed by atoms with Gasteiger partial charge in [0.25, 0.3) is 0 Å². The van der Waals surface area contributed by atoms with Crippen LogP contribution in [0.5, 0.6) is 0 Å². The summed E-state index contributed by atoms with van der Waals surface area (Å²) in [6.45, 7) is 2.42. The van der Waals surface area contributed by atoms with Gasteiger partial charge in [0.2, 0.25) is 11.8 Å². The molecule has 0 aliphatic heterocycles. The zero-order chi connectivity index (χ0) is 18.2. The molecule has 0 aromatic heterocycles. The summed E-state index contributed by atoms with van der Waals surface area (Å²) >= 11 is 7.41. The van der Waals surface area contributed by atoms with Crippen LogP contribution < -0.4 is 5.32 Å². The van der Waals surface area contributed by atoms with Crippen LogP contribution in [0.1, 0.15) is 11.1 Å². The lowest BCUT2D eigenvalue weighted by Gasteiger charge is -2.17. The summed E-state index contributed by atoms with van der Waals surface area (Å²) in [4.78, 5) is 25.7. The number of hydrogen-bond acceptors (Lipinski definition) is 3. The van der Waals surface area contributed by atoms with Crippen molar-refractivity contribution in [3.05, 3.63) is 64.7 Å². The smallest absolute Gasteiger partial charge is 0.234 e. The minimum absolute atomic E-state index is 0.0340. The molecule has 0 aliphatic rings. The molecule has 4 nitrogen and oxygen atoms in total. The molecular formula is C19H21ClN2O2S. The van der Waals surface area contributed by atoms with Crippen LogP contribution in [0.4, 0.5) is 5.69 Å². The SMILES string of the molecule is Cc1cccc(NC(=O)CSCC(=O)N(C)Cc2ccccc2Cl)c1. The van der Waals surface area contributed by atoms with Crippen molar-refractivity contribution in [3.8, 4) is 0 Å². The van der Waals surface area contributed by atoms with E-state index < -0.39 is 0 Å². The number of aryl methyl sites for hydroxylation is 1. The van der Waals surface area contributed by atoms with Crippen LogP contribution in [0.25, 0.3) is 0 Å². The van der Waals surface area contributed by atoms with Crippen LogP contribution in [0.2, 0.25) is 5.02 Å². The monoisotopic (exact) mass is 376 g/mol. The molecule has 6 heteroatoms. The van der Waals surface area contributed by atoms with Crippen LogP contribution >= 0.6 is 23.4 Å². The Hall–Kier alpha value is -1.98. The molecule has 0 heterocycles. The van der Waals surface area contributed by atoms with Gasteiger partial charge in [-0.05, 0) is 36.2 Å². The van der Waals surface area contributed by atoms with Crippen LogP contribution in [-0.2, 0) is 16.1 Å². The van der Waals surface area contributed by atoms with Crippen LogP contribution in [0.3, 0.4) is 0 Å². The topological polar surface area (TPSA) is 49.4 Å². The Morgan fingerprint density at radius 1 is 1.12 bits per heavy atom. The first-order valence-electron chi connectivity index (χ1n) is 7.87. The molecule has 0 fully saturated rings. The molecule has 0 atom stereocenters. The maximum absolute atomic E-state index is 12.2. The third-order valence-electron chi connectivity index (χ3n) is 3.55. The van der Waals surface area contributed by atoms with Gasteiger partial charge in [0, 0.05) is 24.3 Å². The van der Waals surface area contributed by atoms with Gasteiger partial charge in [-0.25, -0.2) is 0 Å². The van der Waals surface area contributed by atoms with Crippen LogP contribution in [-0.4, -0.2) is 35.3 Å². The highest BCUT2D eigenvalue weighted by Gasteiger charge is 2.12. The molecule has 2 rings (SSSR count). The molecule has 2 aromatic carbocycles. The van der Waals surface area contributed by atoms with E-state index in [1.165, 1.54) is 11.8 Å². The second-order valence-electron chi connectivity index (χ2n) is 5.75. The number of carbonyl (C=O) groups is 2. The lowest BCUT2D eigenvalue weighted by molar-refractivity contribution is -0.127. The van der Waals surface area contributed by atoms with Crippen LogP contribution in [0.15, 0.2) is 48.5 Å². The largest absolute Gasteiger partial charge is 0.341 e. The summed E-state index contributed by atoms with van der Waals surface area (Å²) < 4.78 is 0. The summed E-state index contributed by atoms with van der Waals surface area (Å²) in [5.41, 5.74) is 2.76. The Balaban J connectivity index is 1.74. The van der Waals surface area contributed by atoms with Crippen LogP contribution in [0, 0.1) is 6.92 Å². The fourth-order valence-electron chi connectivity index (χ4n) is 2.23. The van der Waals surface area contributed by atoms with Gasteiger partial charge in [0.05, 0.1) is 11.5 Å². The molecular weight excluding hydrogens is 356 g/mol. The highest BCUT2D eigenvalue weighted by molar-refractivity contribution is 8.00. The Bertz CT molecular complexity index is 752. The molecule has 0 unspecified atom stereocenters. The molecule has 0 aliphatic carbocycles. The van der Waals surface area contributed by atoms with E-state index in [0.717, 1.165) is 16.8 Å². The minimum atomic E-state index is -0.114. The van der Waals surface area contributed by atoms with Crippen molar-refractivity contribution in [2.24, 2.45) is 0 Å². The second kappa shape index (κ2) is 9.49. The van der Waals surface area contributed by atoms with Gasteiger partial charge in [-0.2, -0.15) is 0 Å². The number of thioether (sulfide) groups is 1. The third kappa shape index (κ3) is 6.44. The normalized spacial score (nSPS) is 10.4. The fourth-order valence-corrected chi connectivity index (χ4v) is 3.18. The predicted molar refractivity (Wildman–Crippen MR) is 105 cm³/mol. The lowest BCUT2D eigenvalue weighted by atomic mass is 10.2. The molecule has 25 heavy (non-hydrogen) atoms. The second-order valence-corrected chi connectivity index (χ2v) is 7.14. The molecule has 0 saturated heterocycles. The Kier molecular flexibility index (Phi) is 7.34. The van der Waals surface area contributed by atoms with Gasteiger partial charge >= 0.3 is 0 Å². The van der Waals surface area contributed by atoms with Gasteiger partial charge in [-0.1, -0.05) is 41.9 Å². The number of nitrogens with zero attached hydrogens (tertiary/aromatic N) is 1. The molecule has 2 amide bonds. The number of benzene rings is 2. The number of anilines is 1. The molecule has 0 saturated carbocycles. The number of halogens is 1. The van der Waals surface area contributed by atoms with E-state index >= 15 is 0 Å². The maximum Gasteiger partial charge on any atom is 0.234 e. The molecule has 132 valence electrons. The van der Waals surface area contributed by atoms with Crippen molar-refractivity contribution >= 4 is 40.9 Å². The highest BCUT2D eigenvalue weighted by Crippen LogP contribution is 2.17. The number of nitrogens with one attached hydrogen (secondary N) is 1. The first-order valence-corrected chi connectivity index (χ1v) is 9.40. The standard InChI is InChI=1S/C19H21ClN2O2S/c1-14-6-5-8-16(10-14)21-18(23)12-25-13-19(24)22(2)11-15-7-3-4-9-17(15)20/h3-10H,11-13H2,1-2H3,(H,21,23). The van der Waals surface area contributed by atoms with E-state index in [-0.39, 0.29) is 23.3 Å². The number of carbonyl (C=O) groups excluding carboxylic acids is 2. The molecule has 2 aromatic rings. The Morgan fingerprint density at radius 3 is 2.60 bits per heavy atom. The maximum atomic E-state index is 12.2. The van der Waals surface area contributed by atoms with Crippen molar-refractivity contribution in [1.29, 1.82) is 0 Å². The van der Waals surface area contributed by atoms with E-state index in [2.05, 4.69) is 5.32 Å². The molecule has 0 spiro atoms. The van der Waals surface area contributed by atoms with E-state index in [1.807, 2.05) is 49.4 Å². The average Bonchev–Trinajstić information content (AvgIpc) is 2.56. The summed E-state index contributed by atoms with van der Waals surface area (Å²) in [6, 6.07) is 15.1. The molecule has 1 N–H and O–H groups in total. The first-order chi connectivity index (χ1) is 12.0. The van der Waals surface area contributed by atoms with E-state index in [1.54, 1.807) is 18.0 Å². The van der Waals surface area contributed by atoms with Gasteiger partial charge in [0.1, 0.15) is 0 Å². The van der Waals surface area contributed by atoms with Crippen molar-refractivity contribution < 1.29 is 9.59 Å².